The van der Waals surface area contributed by atoms with Gasteiger partial charge < -0.3 is 20.1 Å². The van der Waals surface area contributed by atoms with Gasteiger partial charge in [0.2, 0.25) is 5.91 Å². The average molecular weight is 508 g/mol. The summed E-state index contributed by atoms with van der Waals surface area (Å²) in [6.07, 6.45) is -2.62. The summed E-state index contributed by atoms with van der Waals surface area (Å²) in [6.45, 7) is 5.50. The second-order valence-electron chi connectivity index (χ2n) is 8.03. The highest BCUT2D eigenvalue weighted by Gasteiger charge is 2.30. The van der Waals surface area contributed by atoms with E-state index in [9.17, 15) is 27.6 Å². The molecule has 0 aliphatic heterocycles. The molecule has 2 heterocycles. The number of carbonyl (C=O) groups excluding carboxylic acids is 1. The molecule has 36 heavy (non-hydrogen) atoms. The molecule has 0 saturated carbocycles. The summed E-state index contributed by atoms with van der Waals surface area (Å²) < 4.78 is 41.1. The number of imidazole rings is 1. The molecule has 0 aliphatic carbocycles. The lowest BCUT2D eigenvalue weighted by molar-refractivity contribution is -0.147. The Bertz CT molecular complexity index is 1240. The van der Waals surface area contributed by atoms with E-state index >= 15 is 0 Å². The molecule has 9 nitrogen and oxygen atoms in total. The van der Waals surface area contributed by atoms with Crippen LogP contribution in [-0.2, 0) is 33.5 Å². The number of unbranched alkanes of at least 4 members (excludes halogenated alkanes) is 1. The van der Waals surface area contributed by atoms with E-state index in [1.807, 2.05) is 4.57 Å². The zero-order chi connectivity index (χ0) is 27.0. The van der Waals surface area contributed by atoms with Crippen LogP contribution in [0.3, 0.4) is 0 Å². The summed E-state index contributed by atoms with van der Waals surface area (Å²) in [5.41, 5.74) is 2.27. The molecule has 12 heteroatoms. The first-order valence-corrected chi connectivity index (χ1v) is 11.1. The van der Waals surface area contributed by atoms with Crippen LogP contribution in [0.25, 0.3) is 11.2 Å². The molecule has 1 aromatic carbocycles. The van der Waals surface area contributed by atoms with Crippen LogP contribution in [0.1, 0.15) is 55.8 Å². The average Bonchev–Trinajstić information content (AvgIpc) is 3.07. The van der Waals surface area contributed by atoms with E-state index in [0.29, 0.717) is 34.5 Å². The monoisotopic (exact) mass is 508 g/mol. The number of pyridine rings is 1. The number of amides is 1. The normalized spacial score (nSPS) is 11.1. The third-order valence-corrected chi connectivity index (χ3v) is 4.95. The van der Waals surface area contributed by atoms with Gasteiger partial charge in [-0.3, -0.25) is 14.4 Å². The lowest BCUT2D eigenvalue weighted by atomic mass is 10.1. The minimum Gasteiger partial charge on any atom is -0.481 e. The zero-order valence-electron chi connectivity index (χ0n) is 20.0. The van der Waals surface area contributed by atoms with Crippen LogP contribution >= 0.6 is 0 Å². The molecule has 3 aromatic rings. The Morgan fingerprint density at radius 2 is 1.75 bits per heavy atom. The van der Waals surface area contributed by atoms with Gasteiger partial charge in [-0.1, -0.05) is 25.5 Å². The second-order valence-corrected chi connectivity index (χ2v) is 8.03. The predicted molar refractivity (Wildman–Crippen MR) is 126 cm³/mol. The molecule has 1 amide bonds. The van der Waals surface area contributed by atoms with E-state index in [0.717, 1.165) is 30.8 Å². The number of hydrogen-bond acceptors (Lipinski definition) is 5. The molecule has 0 unspecified atom stereocenters. The molecule has 0 aliphatic rings. The Morgan fingerprint density at radius 3 is 2.28 bits per heavy atom. The molecule has 0 fully saturated rings. The smallest absolute Gasteiger partial charge is 0.416 e. The zero-order valence-corrected chi connectivity index (χ0v) is 20.0. The van der Waals surface area contributed by atoms with Crippen LogP contribution in [0.15, 0.2) is 30.3 Å². The Balaban J connectivity index is 0.000000572. The summed E-state index contributed by atoms with van der Waals surface area (Å²) in [6, 6.07) is 7.07. The van der Waals surface area contributed by atoms with E-state index in [1.165, 1.54) is 13.0 Å². The summed E-state index contributed by atoms with van der Waals surface area (Å²) in [4.78, 5) is 39.5. The highest BCUT2D eigenvalue weighted by Crippen LogP contribution is 2.30. The van der Waals surface area contributed by atoms with Gasteiger partial charge in [-0.2, -0.15) is 13.2 Å². The molecular weight excluding hydrogens is 481 g/mol. The van der Waals surface area contributed by atoms with Gasteiger partial charge in [-0.15, -0.1) is 0 Å². The fraction of sp³-hybridized carbons (Fsp3) is 0.375. The van der Waals surface area contributed by atoms with Crippen LogP contribution in [-0.4, -0.2) is 42.6 Å². The second kappa shape index (κ2) is 12.1. The maximum atomic E-state index is 13.1. The molecule has 0 radical (unpaired) electrons. The molecule has 3 rings (SSSR count). The van der Waals surface area contributed by atoms with Crippen molar-refractivity contribution in [2.75, 3.05) is 5.32 Å². The largest absolute Gasteiger partial charge is 0.481 e. The van der Waals surface area contributed by atoms with Gasteiger partial charge in [0.05, 0.1) is 23.5 Å². The minimum absolute atomic E-state index is 0.205. The number of carboxylic acid groups (broad SMARTS) is 2. The van der Waals surface area contributed by atoms with Crippen LogP contribution in [0.5, 0.6) is 0 Å². The van der Waals surface area contributed by atoms with E-state index < -0.39 is 30.1 Å². The topological polar surface area (TPSA) is 134 Å². The van der Waals surface area contributed by atoms with Gasteiger partial charge in [0.15, 0.2) is 5.65 Å². The van der Waals surface area contributed by atoms with Gasteiger partial charge in [0.1, 0.15) is 17.8 Å². The third-order valence-electron chi connectivity index (χ3n) is 4.95. The fourth-order valence-corrected chi connectivity index (χ4v) is 3.35. The minimum atomic E-state index is -4.39. The van der Waals surface area contributed by atoms with Crippen molar-refractivity contribution in [2.45, 2.75) is 59.2 Å². The number of nitrogens with one attached hydrogen (secondary N) is 1. The number of benzene rings is 1. The maximum absolute atomic E-state index is 13.1. The number of carboxylic acids is 2. The number of aryl methyl sites for hydroxylation is 2. The van der Waals surface area contributed by atoms with E-state index in [2.05, 4.69) is 22.2 Å². The van der Waals surface area contributed by atoms with Crippen molar-refractivity contribution in [3.8, 4) is 0 Å². The molecular formula is C24H27F3N4O5. The number of fused-ring (bicyclic) bond motifs is 1. The summed E-state index contributed by atoms with van der Waals surface area (Å²) in [5.74, 6) is -2.06. The van der Waals surface area contributed by atoms with Crippen LogP contribution < -0.4 is 5.32 Å². The number of rotatable bonds is 8. The highest BCUT2D eigenvalue weighted by atomic mass is 19.4. The number of carbonyl (C=O) groups is 3. The summed E-state index contributed by atoms with van der Waals surface area (Å²) >= 11 is 0. The van der Waals surface area contributed by atoms with Crippen molar-refractivity contribution >= 4 is 34.7 Å². The molecule has 2 aromatic heterocycles. The Morgan fingerprint density at radius 1 is 1.08 bits per heavy atom. The summed E-state index contributed by atoms with van der Waals surface area (Å²) in [7, 11) is 0. The van der Waals surface area contributed by atoms with Crippen molar-refractivity contribution in [3.63, 3.8) is 0 Å². The molecule has 0 bridgehead atoms. The Hall–Kier alpha value is -3.96. The number of halogens is 3. The van der Waals surface area contributed by atoms with Crippen molar-refractivity contribution in [3.05, 3.63) is 53.0 Å². The molecule has 0 spiro atoms. The number of aliphatic carboxylic acids is 2. The number of anilines is 1. The number of aromatic nitrogens is 3. The van der Waals surface area contributed by atoms with E-state index in [1.54, 1.807) is 19.1 Å². The van der Waals surface area contributed by atoms with Gasteiger partial charge in [-0.25, -0.2) is 9.97 Å². The quantitative estimate of drug-likeness (QED) is 0.377. The first-order valence-electron chi connectivity index (χ1n) is 11.1. The highest BCUT2D eigenvalue weighted by molar-refractivity contribution is 5.91. The number of alkyl halides is 3. The molecule has 0 atom stereocenters. The molecule has 3 N–H and O–H groups in total. The number of hydrogen-bond donors (Lipinski definition) is 3. The van der Waals surface area contributed by atoms with Gasteiger partial charge in [-0.05, 0) is 37.1 Å². The van der Waals surface area contributed by atoms with Crippen molar-refractivity contribution in [1.82, 2.24) is 14.5 Å². The Labute approximate surface area is 205 Å². The van der Waals surface area contributed by atoms with E-state index in [4.69, 9.17) is 10.2 Å². The lowest BCUT2D eigenvalue weighted by Gasteiger charge is -2.12. The molecule has 0 saturated heterocycles. The van der Waals surface area contributed by atoms with Crippen LogP contribution in [0, 0.1) is 6.92 Å². The SMILES string of the molecule is CCCCc1nc2cc(NC(C)=O)c(C)nc2n1Cc1cccc(C(F)(F)F)c1.O=C(O)CC(=O)O. The first-order chi connectivity index (χ1) is 16.8. The van der Waals surface area contributed by atoms with Crippen molar-refractivity contribution in [1.29, 1.82) is 0 Å². The predicted octanol–water partition coefficient (Wildman–Crippen LogP) is 4.65. The Kier molecular flexibility index (Phi) is 9.53. The van der Waals surface area contributed by atoms with Crippen molar-refractivity contribution < 1.29 is 37.8 Å². The van der Waals surface area contributed by atoms with Gasteiger partial charge in [0, 0.05) is 13.3 Å². The van der Waals surface area contributed by atoms with Gasteiger partial charge >= 0.3 is 18.1 Å². The molecule has 194 valence electrons. The van der Waals surface area contributed by atoms with Crippen molar-refractivity contribution in [2.24, 2.45) is 0 Å². The maximum Gasteiger partial charge on any atom is 0.416 e. The fourth-order valence-electron chi connectivity index (χ4n) is 3.35. The van der Waals surface area contributed by atoms with Crippen LogP contribution in [0.4, 0.5) is 18.9 Å². The van der Waals surface area contributed by atoms with Gasteiger partial charge in [0.25, 0.3) is 0 Å². The number of nitrogens with zero attached hydrogens (tertiary/aromatic N) is 3. The first kappa shape index (κ1) is 28.3. The lowest BCUT2D eigenvalue weighted by Crippen LogP contribution is -2.10. The standard InChI is InChI=1S/C21H23F3N4O.C3H4O4/c1-4-5-9-19-27-18-11-17(26-14(3)29)13(2)25-20(18)28(19)12-15-7-6-8-16(10-15)21(22,23)24;4-2(5)1-3(6)7/h6-8,10-11H,4-5,9,12H2,1-3H3,(H,26,29);1H2,(H,4,5)(H,6,7). The summed E-state index contributed by atoms with van der Waals surface area (Å²) in [5, 5.41) is 18.1. The van der Waals surface area contributed by atoms with Crippen LogP contribution in [0.2, 0.25) is 0 Å². The third kappa shape index (κ3) is 8.07. The van der Waals surface area contributed by atoms with E-state index in [-0.39, 0.29) is 12.5 Å².